The third-order valence-corrected chi connectivity index (χ3v) is 6.55. The minimum absolute atomic E-state index is 0. The largest absolute Gasteiger partial charge is 0.494 e. The van der Waals surface area contributed by atoms with Crippen LogP contribution in [0.15, 0.2) is 66.7 Å². The lowest BCUT2D eigenvalue weighted by atomic mass is 10.1. The zero-order valence-electron chi connectivity index (χ0n) is 19.0. The fourth-order valence-electron chi connectivity index (χ4n) is 3.68. The Morgan fingerprint density at radius 3 is 2.33 bits per heavy atom. The molecule has 0 fully saturated rings. The predicted octanol–water partition coefficient (Wildman–Crippen LogP) is 6.49. The van der Waals surface area contributed by atoms with Gasteiger partial charge >= 0.3 is 0 Å². The first-order valence-corrected chi connectivity index (χ1v) is 11.6. The summed E-state index contributed by atoms with van der Waals surface area (Å²) in [6.45, 7) is 7.20. The first-order chi connectivity index (χ1) is 15.6. The van der Waals surface area contributed by atoms with Gasteiger partial charge in [0.25, 0.3) is 5.91 Å². The van der Waals surface area contributed by atoms with E-state index in [4.69, 9.17) is 4.74 Å². The van der Waals surface area contributed by atoms with E-state index in [1.807, 2.05) is 54.6 Å². The number of rotatable bonds is 8. The zero-order chi connectivity index (χ0) is 22.5. The summed E-state index contributed by atoms with van der Waals surface area (Å²) < 4.78 is 6.50. The Labute approximate surface area is 204 Å². The fraction of sp³-hybridized carbons (Fsp3) is 0.231. The number of nitrogens with one attached hydrogen (secondary N) is 1. The number of ether oxygens (including phenoxy) is 1. The van der Waals surface area contributed by atoms with Crippen molar-refractivity contribution in [1.29, 1.82) is 0 Å². The highest BCUT2D eigenvalue weighted by molar-refractivity contribution is 7.23. The molecule has 0 spiro atoms. The molecule has 1 N–H and O–H groups in total. The average molecular weight is 482 g/mol. The Morgan fingerprint density at radius 1 is 1.00 bits per heavy atom. The van der Waals surface area contributed by atoms with E-state index < -0.39 is 0 Å². The molecular formula is C26H28ClN3O2S. The van der Waals surface area contributed by atoms with Crippen LogP contribution in [0.3, 0.4) is 0 Å². The first-order valence-electron chi connectivity index (χ1n) is 10.8. The van der Waals surface area contributed by atoms with Crippen LogP contribution in [0, 0.1) is 0 Å². The quantitative estimate of drug-likeness (QED) is 0.312. The van der Waals surface area contributed by atoms with Gasteiger partial charge in [-0.3, -0.25) is 15.0 Å². The van der Waals surface area contributed by atoms with Crippen LogP contribution in [0.25, 0.3) is 21.3 Å². The van der Waals surface area contributed by atoms with E-state index in [-0.39, 0.29) is 18.3 Å². The lowest BCUT2D eigenvalue weighted by Crippen LogP contribution is -2.22. The number of anilines is 1. The van der Waals surface area contributed by atoms with Gasteiger partial charge in [0.2, 0.25) is 0 Å². The SMILES string of the molecule is CCN(CC)Cc1ccc(C(=O)Nc2nc3c(OC)ccc(-c4ccccc4)c3s2)cc1.Cl. The van der Waals surface area contributed by atoms with Gasteiger partial charge in [-0.15, -0.1) is 12.4 Å². The predicted molar refractivity (Wildman–Crippen MR) is 140 cm³/mol. The van der Waals surface area contributed by atoms with Crippen molar-refractivity contribution in [3.05, 3.63) is 77.9 Å². The van der Waals surface area contributed by atoms with Gasteiger partial charge in [-0.05, 0) is 48.5 Å². The molecule has 0 unspecified atom stereocenters. The van der Waals surface area contributed by atoms with Gasteiger partial charge in [0.15, 0.2) is 5.13 Å². The highest BCUT2D eigenvalue weighted by Gasteiger charge is 2.16. The number of hydrogen-bond donors (Lipinski definition) is 1. The van der Waals surface area contributed by atoms with Crippen LogP contribution >= 0.6 is 23.7 Å². The summed E-state index contributed by atoms with van der Waals surface area (Å²) in [6, 6.07) is 21.9. The molecule has 5 nitrogen and oxygen atoms in total. The Balaban J connectivity index is 0.00000306. The maximum absolute atomic E-state index is 12.9. The molecule has 0 bridgehead atoms. The van der Waals surface area contributed by atoms with Crippen molar-refractivity contribution in [2.24, 2.45) is 0 Å². The molecule has 172 valence electrons. The molecule has 4 aromatic rings. The normalized spacial score (nSPS) is 10.8. The number of carbonyl (C=O) groups is 1. The lowest BCUT2D eigenvalue weighted by molar-refractivity contribution is 0.102. The molecule has 1 heterocycles. The maximum Gasteiger partial charge on any atom is 0.257 e. The van der Waals surface area contributed by atoms with Crippen LogP contribution in [0.4, 0.5) is 5.13 Å². The summed E-state index contributed by atoms with van der Waals surface area (Å²) in [4.78, 5) is 19.9. The van der Waals surface area contributed by atoms with Crippen LogP contribution in [0.5, 0.6) is 5.75 Å². The highest BCUT2D eigenvalue weighted by atomic mass is 35.5. The summed E-state index contributed by atoms with van der Waals surface area (Å²) >= 11 is 1.46. The van der Waals surface area contributed by atoms with Crippen molar-refractivity contribution in [3.8, 4) is 16.9 Å². The number of thiazole rings is 1. The van der Waals surface area contributed by atoms with Crippen LogP contribution in [0.2, 0.25) is 0 Å². The van der Waals surface area contributed by atoms with Gasteiger partial charge in [0.05, 0.1) is 11.8 Å². The molecule has 4 rings (SSSR count). The monoisotopic (exact) mass is 481 g/mol. The molecule has 0 atom stereocenters. The average Bonchev–Trinajstić information content (AvgIpc) is 3.26. The van der Waals surface area contributed by atoms with E-state index in [2.05, 4.69) is 41.2 Å². The molecule has 0 radical (unpaired) electrons. The Morgan fingerprint density at radius 2 is 1.70 bits per heavy atom. The second kappa shape index (κ2) is 11.3. The molecule has 0 saturated heterocycles. The van der Waals surface area contributed by atoms with Crippen molar-refractivity contribution < 1.29 is 9.53 Å². The Hall–Kier alpha value is -2.93. The smallest absolute Gasteiger partial charge is 0.257 e. The molecule has 33 heavy (non-hydrogen) atoms. The van der Waals surface area contributed by atoms with E-state index in [0.717, 1.165) is 41.0 Å². The molecule has 0 aliphatic heterocycles. The van der Waals surface area contributed by atoms with Crippen molar-refractivity contribution in [2.75, 3.05) is 25.5 Å². The molecular weight excluding hydrogens is 454 g/mol. The Bertz CT molecular complexity index is 1210. The molecule has 3 aromatic carbocycles. The minimum atomic E-state index is -0.168. The molecule has 0 saturated carbocycles. The van der Waals surface area contributed by atoms with Crippen molar-refractivity contribution in [1.82, 2.24) is 9.88 Å². The van der Waals surface area contributed by atoms with E-state index >= 15 is 0 Å². The number of amides is 1. The number of fused-ring (bicyclic) bond motifs is 1. The molecule has 0 aliphatic rings. The number of methoxy groups -OCH3 is 1. The minimum Gasteiger partial charge on any atom is -0.494 e. The van der Waals surface area contributed by atoms with Crippen molar-refractivity contribution >= 4 is 45.0 Å². The van der Waals surface area contributed by atoms with Gasteiger partial charge in [-0.25, -0.2) is 4.98 Å². The van der Waals surface area contributed by atoms with Gasteiger partial charge in [0, 0.05) is 17.7 Å². The Kier molecular flexibility index (Phi) is 8.44. The molecule has 0 aliphatic carbocycles. The van der Waals surface area contributed by atoms with Crippen LogP contribution in [0.1, 0.15) is 29.8 Å². The molecule has 1 aromatic heterocycles. The topological polar surface area (TPSA) is 54.5 Å². The number of aromatic nitrogens is 1. The standard InChI is InChI=1S/C26H27N3O2S.ClH/c1-4-29(5-2)17-18-11-13-20(14-12-18)25(30)28-26-27-23-22(31-3)16-15-21(24(23)32-26)19-9-7-6-8-10-19;/h6-16H,4-5,17H2,1-3H3,(H,27,28,30);1H. The van der Waals surface area contributed by atoms with Crippen LogP contribution in [-0.4, -0.2) is 36.0 Å². The second-order valence-electron chi connectivity index (χ2n) is 7.49. The van der Waals surface area contributed by atoms with Gasteiger partial charge in [0.1, 0.15) is 11.3 Å². The van der Waals surface area contributed by atoms with E-state index in [1.54, 1.807) is 7.11 Å². The van der Waals surface area contributed by atoms with Crippen molar-refractivity contribution in [2.45, 2.75) is 20.4 Å². The third kappa shape index (κ3) is 5.53. The van der Waals surface area contributed by atoms with Crippen LogP contribution in [-0.2, 0) is 6.54 Å². The zero-order valence-corrected chi connectivity index (χ0v) is 20.6. The van der Waals surface area contributed by atoms with Gasteiger partial charge in [-0.2, -0.15) is 0 Å². The second-order valence-corrected chi connectivity index (χ2v) is 8.49. The summed E-state index contributed by atoms with van der Waals surface area (Å²) in [5.74, 6) is 0.524. The van der Waals surface area contributed by atoms with Gasteiger partial charge in [-0.1, -0.05) is 67.6 Å². The third-order valence-electron chi connectivity index (χ3n) is 5.55. The van der Waals surface area contributed by atoms with Crippen molar-refractivity contribution in [3.63, 3.8) is 0 Å². The number of halogens is 1. The summed E-state index contributed by atoms with van der Waals surface area (Å²) in [7, 11) is 1.63. The fourth-order valence-corrected chi connectivity index (χ4v) is 4.70. The molecule has 1 amide bonds. The summed E-state index contributed by atoms with van der Waals surface area (Å²) in [5, 5.41) is 3.52. The summed E-state index contributed by atoms with van der Waals surface area (Å²) in [6.07, 6.45) is 0. The first kappa shape index (κ1) is 24.7. The number of benzene rings is 3. The highest BCUT2D eigenvalue weighted by Crippen LogP contribution is 2.39. The summed E-state index contributed by atoms with van der Waals surface area (Å²) in [5.41, 5.74) is 4.74. The molecule has 7 heteroatoms. The lowest BCUT2D eigenvalue weighted by Gasteiger charge is -2.17. The van der Waals surface area contributed by atoms with E-state index in [0.29, 0.717) is 16.4 Å². The van der Waals surface area contributed by atoms with Gasteiger partial charge < -0.3 is 4.74 Å². The number of nitrogens with zero attached hydrogens (tertiary/aromatic N) is 2. The maximum atomic E-state index is 12.9. The number of carbonyl (C=O) groups excluding carboxylic acids is 1. The van der Waals surface area contributed by atoms with E-state index in [9.17, 15) is 4.79 Å². The van der Waals surface area contributed by atoms with Crippen LogP contribution < -0.4 is 10.1 Å². The van der Waals surface area contributed by atoms with E-state index in [1.165, 1.54) is 16.9 Å². The number of hydrogen-bond acceptors (Lipinski definition) is 5.